The highest BCUT2D eigenvalue weighted by Gasteiger charge is 2.26. The molecule has 1 unspecified atom stereocenters. The van der Waals surface area contributed by atoms with E-state index in [1.807, 2.05) is 6.92 Å². The van der Waals surface area contributed by atoms with Crippen LogP contribution < -0.4 is 21.5 Å². The van der Waals surface area contributed by atoms with E-state index in [2.05, 4.69) is 19.2 Å². The minimum absolute atomic E-state index is 0.185. The predicted molar refractivity (Wildman–Crippen MR) is 85.5 cm³/mol. The molecule has 5 N–H and O–H groups in total. The Morgan fingerprint density at radius 2 is 1.86 bits per heavy atom. The molecule has 0 aliphatic carbocycles. The molecular weight excluding hydrogens is 282 g/mol. The summed E-state index contributed by atoms with van der Waals surface area (Å²) in [6.45, 7) is 6.30. The fraction of sp³-hybridized carbons (Fsp3) is 0.500. The van der Waals surface area contributed by atoms with Gasteiger partial charge in [-0.1, -0.05) is 13.8 Å². The molecule has 0 aliphatic heterocycles. The fourth-order valence-corrected chi connectivity index (χ4v) is 2.29. The Hall–Kier alpha value is -2.08. The predicted octanol–water partition coefficient (Wildman–Crippen LogP) is 1.04. The van der Waals surface area contributed by atoms with Crippen LogP contribution in [0.2, 0.25) is 0 Å². The Balaban J connectivity index is 2.70. The number of benzene rings is 1. The lowest BCUT2D eigenvalue weighted by Gasteiger charge is -2.31. The number of hydrogen-bond acceptors (Lipinski definition) is 4. The minimum atomic E-state index is -0.547. The van der Waals surface area contributed by atoms with Gasteiger partial charge in [0.25, 0.3) is 11.8 Å². The molecule has 0 saturated heterocycles. The van der Waals surface area contributed by atoms with Gasteiger partial charge in [0.15, 0.2) is 6.61 Å². The second-order valence-electron chi connectivity index (χ2n) is 6.10. The third kappa shape index (κ3) is 5.73. The average molecular weight is 307 g/mol. The van der Waals surface area contributed by atoms with Gasteiger partial charge in [-0.3, -0.25) is 9.59 Å². The summed E-state index contributed by atoms with van der Waals surface area (Å²) in [6.07, 6.45) is 0.801. The molecule has 1 aromatic rings. The van der Waals surface area contributed by atoms with Crippen LogP contribution in [0.1, 0.15) is 37.6 Å². The molecule has 0 heterocycles. The molecule has 1 aromatic carbocycles. The van der Waals surface area contributed by atoms with Crippen LogP contribution in [0.3, 0.4) is 0 Å². The maximum absolute atomic E-state index is 12.3. The highest BCUT2D eigenvalue weighted by atomic mass is 16.5. The molecule has 0 saturated carbocycles. The van der Waals surface area contributed by atoms with E-state index in [0.29, 0.717) is 23.8 Å². The zero-order valence-electron chi connectivity index (χ0n) is 13.4. The minimum Gasteiger partial charge on any atom is -0.484 e. The number of nitrogens with two attached hydrogens (primary N) is 2. The Labute approximate surface area is 131 Å². The molecule has 0 bridgehead atoms. The van der Waals surface area contributed by atoms with Crippen molar-refractivity contribution >= 4 is 11.8 Å². The second kappa shape index (κ2) is 7.79. The largest absolute Gasteiger partial charge is 0.484 e. The van der Waals surface area contributed by atoms with E-state index in [4.69, 9.17) is 16.2 Å². The molecule has 0 spiro atoms. The Morgan fingerprint density at radius 3 is 2.32 bits per heavy atom. The number of amides is 2. The third-order valence-corrected chi connectivity index (χ3v) is 3.22. The molecule has 0 aromatic heterocycles. The van der Waals surface area contributed by atoms with Crippen molar-refractivity contribution in [1.82, 2.24) is 5.32 Å². The number of nitrogens with one attached hydrogen (secondary N) is 1. The standard InChI is InChI=1S/C16H25N3O3/c1-11(2)8-16(3,10-17)19-15(21)12-4-6-13(7-5-12)22-9-14(18)20/h4-7,11H,8-10,17H2,1-3H3,(H2,18,20)(H,19,21). The average Bonchev–Trinajstić information content (AvgIpc) is 2.44. The molecule has 1 atom stereocenters. The second-order valence-corrected chi connectivity index (χ2v) is 6.10. The van der Waals surface area contributed by atoms with Crippen molar-refractivity contribution in [3.8, 4) is 5.75 Å². The summed E-state index contributed by atoms with van der Waals surface area (Å²) >= 11 is 0. The maximum Gasteiger partial charge on any atom is 0.255 e. The molecule has 0 fully saturated rings. The number of ether oxygens (including phenoxy) is 1. The van der Waals surface area contributed by atoms with Crippen molar-refractivity contribution < 1.29 is 14.3 Å². The number of hydrogen-bond donors (Lipinski definition) is 3. The SMILES string of the molecule is CC(C)CC(C)(CN)NC(=O)c1ccc(OCC(N)=O)cc1. The molecular formula is C16H25N3O3. The summed E-state index contributed by atoms with van der Waals surface area (Å²) in [6, 6.07) is 6.52. The van der Waals surface area contributed by atoms with Crippen LogP contribution in [0.4, 0.5) is 0 Å². The molecule has 1 rings (SSSR count). The van der Waals surface area contributed by atoms with Crippen LogP contribution in [0.5, 0.6) is 5.75 Å². The van der Waals surface area contributed by atoms with E-state index in [0.717, 1.165) is 6.42 Å². The van der Waals surface area contributed by atoms with Gasteiger partial charge in [0.05, 0.1) is 0 Å². The quantitative estimate of drug-likeness (QED) is 0.667. The van der Waals surface area contributed by atoms with Crippen molar-refractivity contribution in [2.75, 3.05) is 13.2 Å². The Kier molecular flexibility index (Phi) is 6.37. The first-order chi connectivity index (χ1) is 10.3. The van der Waals surface area contributed by atoms with Gasteiger partial charge in [0.1, 0.15) is 5.75 Å². The van der Waals surface area contributed by atoms with Crippen LogP contribution in [0.15, 0.2) is 24.3 Å². The fourth-order valence-electron chi connectivity index (χ4n) is 2.29. The van der Waals surface area contributed by atoms with Crippen LogP contribution in [0, 0.1) is 5.92 Å². The first kappa shape index (κ1) is 18.0. The van der Waals surface area contributed by atoms with Gasteiger partial charge in [-0.15, -0.1) is 0 Å². The maximum atomic E-state index is 12.3. The molecule has 6 nitrogen and oxygen atoms in total. The molecule has 2 amide bonds. The molecule has 0 aliphatic rings. The smallest absolute Gasteiger partial charge is 0.255 e. The monoisotopic (exact) mass is 307 g/mol. The van der Waals surface area contributed by atoms with E-state index < -0.39 is 11.4 Å². The molecule has 6 heteroatoms. The van der Waals surface area contributed by atoms with E-state index in [9.17, 15) is 9.59 Å². The van der Waals surface area contributed by atoms with Crippen molar-refractivity contribution in [1.29, 1.82) is 0 Å². The third-order valence-electron chi connectivity index (χ3n) is 3.22. The van der Waals surface area contributed by atoms with Crippen molar-refractivity contribution in [2.24, 2.45) is 17.4 Å². The number of primary amides is 1. The number of carbonyl (C=O) groups is 2. The number of carbonyl (C=O) groups excluding carboxylic acids is 2. The molecule has 0 radical (unpaired) electrons. The van der Waals surface area contributed by atoms with Gasteiger partial charge in [0.2, 0.25) is 0 Å². The summed E-state index contributed by atoms with van der Waals surface area (Å²) in [4.78, 5) is 22.9. The topological polar surface area (TPSA) is 107 Å². The van der Waals surface area contributed by atoms with Crippen molar-refractivity contribution in [2.45, 2.75) is 32.7 Å². The lowest BCUT2D eigenvalue weighted by molar-refractivity contribution is -0.119. The van der Waals surface area contributed by atoms with Crippen LogP contribution in [-0.2, 0) is 4.79 Å². The summed E-state index contributed by atoms with van der Waals surface area (Å²) in [7, 11) is 0. The zero-order valence-corrected chi connectivity index (χ0v) is 13.4. The lowest BCUT2D eigenvalue weighted by atomic mass is 9.90. The number of rotatable bonds is 8. The van der Waals surface area contributed by atoms with Crippen LogP contribution in [-0.4, -0.2) is 30.5 Å². The highest BCUT2D eigenvalue weighted by molar-refractivity contribution is 5.94. The normalized spacial score (nSPS) is 13.5. The van der Waals surface area contributed by atoms with Gasteiger partial charge >= 0.3 is 0 Å². The van der Waals surface area contributed by atoms with Gasteiger partial charge in [-0.25, -0.2) is 0 Å². The van der Waals surface area contributed by atoms with E-state index >= 15 is 0 Å². The lowest BCUT2D eigenvalue weighted by Crippen LogP contribution is -2.52. The first-order valence-electron chi connectivity index (χ1n) is 7.29. The Morgan fingerprint density at radius 1 is 1.27 bits per heavy atom. The van der Waals surface area contributed by atoms with E-state index in [1.54, 1.807) is 24.3 Å². The molecule has 122 valence electrons. The van der Waals surface area contributed by atoms with Gasteiger partial charge in [-0.2, -0.15) is 0 Å². The Bertz CT molecular complexity index is 514. The highest BCUT2D eigenvalue weighted by Crippen LogP contribution is 2.17. The van der Waals surface area contributed by atoms with E-state index in [-0.39, 0.29) is 12.5 Å². The summed E-state index contributed by atoms with van der Waals surface area (Å²) < 4.78 is 5.15. The molecule has 22 heavy (non-hydrogen) atoms. The van der Waals surface area contributed by atoms with Gasteiger partial charge in [-0.05, 0) is 43.5 Å². The summed E-state index contributed by atoms with van der Waals surface area (Å²) in [5.41, 5.74) is 10.9. The zero-order chi connectivity index (χ0) is 16.8. The summed E-state index contributed by atoms with van der Waals surface area (Å²) in [5, 5.41) is 2.98. The van der Waals surface area contributed by atoms with Crippen LogP contribution >= 0.6 is 0 Å². The van der Waals surface area contributed by atoms with Crippen LogP contribution in [0.25, 0.3) is 0 Å². The van der Waals surface area contributed by atoms with Gasteiger partial charge < -0.3 is 21.5 Å². The van der Waals surface area contributed by atoms with Crippen molar-refractivity contribution in [3.05, 3.63) is 29.8 Å². The van der Waals surface area contributed by atoms with E-state index in [1.165, 1.54) is 0 Å². The van der Waals surface area contributed by atoms with Crippen molar-refractivity contribution in [3.63, 3.8) is 0 Å². The summed E-state index contributed by atoms with van der Waals surface area (Å²) in [5.74, 6) is 0.182. The van der Waals surface area contributed by atoms with Gasteiger partial charge in [0, 0.05) is 17.6 Å². The first-order valence-corrected chi connectivity index (χ1v) is 7.29.